The second-order valence-electron chi connectivity index (χ2n) is 6.86. The van der Waals surface area contributed by atoms with Gasteiger partial charge in [-0.2, -0.15) is 0 Å². The third kappa shape index (κ3) is 4.22. The second kappa shape index (κ2) is 8.32. The van der Waals surface area contributed by atoms with Gasteiger partial charge in [0, 0.05) is 31.5 Å². The zero-order valence-electron chi connectivity index (χ0n) is 15.1. The normalized spacial score (nSPS) is 16.8. The van der Waals surface area contributed by atoms with E-state index in [0.717, 1.165) is 24.0 Å². The van der Waals surface area contributed by atoms with Gasteiger partial charge in [0.05, 0.1) is 6.61 Å². The number of aliphatic hydroxyl groups excluding tert-OH is 1. The van der Waals surface area contributed by atoms with Crippen molar-refractivity contribution in [1.82, 2.24) is 10.6 Å². The fourth-order valence-electron chi connectivity index (χ4n) is 3.29. The van der Waals surface area contributed by atoms with Crippen LogP contribution in [0, 0.1) is 5.82 Å². The first-order valence-electron chi connectivity index (χ1n) is 9.04. The SMILES string of the molecule is CN=C(NCC(CO)c1ccccc1)NCC1(c2ccccc2F)CC1. The van der Waals surface area contributed by atoms with E-state index in [1.54, 1.807) is 13.1 Å². The van der Waals surface area contributed by atoms with Crippen LogP contribution in [0.3, 0.4) is 0 Å². The molecule has 5 heteroatoms. The average molecular weight is 355 g/mol. The van der Waals surface area contributed by atoms with Crippen LogP contribution in [0.4, 0.5) is 4.39 Å². The summed E-state index contributed by atoms with van der Waals surface area (Å²) in [4.78, 5) is 4.25. The van der Waals surface area contributed by atoms with Gasteiger partial charge in [-0.25, -0.2) is 4.39 Å². The monoisotopic (exact) mass is 355 g/mol. The average Bonchev–Trinajstić information content (AvgIpc) is 3.47. The molecule has 0 aliphatic heterocycles. The van der Waals surface area contributed by atoms with Crippen molar-refractivity contribution in [2.24, 2.45) is 4.99 Å². The molecule has 0 radical (unpaired) electrons. The first-order chi connectivity index (χ1) is 12.7. The number of hydrogen-bond acceptors (Lipinski definition) is 2. The lowest BCUT2D eigenvalue weighted by molar-refractivity contribution is 0.265. The van der Waals surface area contributed by atoms with Crippen LogP contribution in [0.15, 0.2) is 59.6 Å². The van der Waals surface area contributed by atoms with E-state index in [2.05, 4.69) is 15.6 Å². The van der Waals surface area contributed by atoms with Crippen LogP contribution in [0.5, 0.6) is 0 Å². The van der Waals surface area contributed by atoms with E-state index in [0.29, 0.717) is 19.0 Å². The maximum absolute atomic E-state index is 14.1. The van der Waals surface area contributed by atoms with Crippen molar-refractivity contribution >= 4 is 5.96 Å². The molecular formula is C21H26FN3O. The third-order valence-electron chi connectivity index (χ3n) is 5.12. The predicted octanol–water partition coefficient (Wildman–Crippen LogP) is 2.80. The Bertz CT molecular complexity index is 744. The molecule has 1 unspecified atom stereocenters. The molecule has 0 saturated heterocycles. The molecule has 3 N–H and O–H groups in total. The maximum Gasteiger partial charge on any atom is 0.191 e. The quantitative estimate of drug-likeness (QED) is 0.529. The number of guanidine groups is 1. The van der Waals surface area contributed by atoms with Gasteiger partial charge in [0.2, 0.25) is 0 Å². The van der Waals surface area contributed by atoms with Crippen molar-refractivity contribution in [2.75, 3.05) is 26.7 Å². The molecule has 3 rings (SSSR count). The van der Waals surface area contributed by atoms with Crippen LogP contribution in [-0.4, -0.2) is 37.8 Å². The van der Waals surface area contributed by atoms with Crippen molar-refractivity contribution in [2.45, 2.75) is 24.2 Å². The zero-order chi connectivity index (χ0) is 18.4. The number of aliphatic imine (C=N–C) groups is 1. The van der Waals surface area contributed by atoms with E-state index in [1.165, 1.54) is 6.07 Å². The van der Waals surface area contributed by atoms with E-state index in [1.807, 2.05) is 42.5 Å². The Hall–Kier alpha value is -2.40. The van der Waals surface area contributed by atoms with Crippen LogP contribution in [-0.2, 0) is 5.41 Å². The Kier molecular flexibility index (Phi) is 5.89. The smallest absolute Gasteiger partial charge is 0.191 e. The van der Waals surface area contributed by atoms with Crippen molar-refractivity contribution in [3.63, 3.8) is 0 Å². The molecule has 0 bridgehead atoms. The van der Waals surface area contributed by atoms with Crippen LogP contribution in [0.2, 0.25) is 0 Å². The van der Waals surface area contributed by atoms with Crippen molar-refractivity contribution in [1.29, 1.82) is 0 Å². The van der Waals surface area contributed by atoms with Gasteiger partial charge in [0.25, 0.3) is 0 Å². The molecule has 1 aliphatic rings. The molecule has 2 aromatic rings. The minimum Gasteiger partial charge on any atom is -0.396 e. The number of hydrogen-bond donors (Lipinski definition) is 3. The van der Waals surface area contributed by atoms with Gasteiger partial charge in [-0.15, -0.1) is 0 Å². The summed E-state index contributed by atoms with van der Waals surface area (Å²) in [5.41, 5.74) is 1.72. The molecule has 0 aromatic heterocycles. The third-order valence-corrected chi connectivity index (χ3v) is 5.12. The Balaban J connectivity index is 1.56. The van der Waals surface area contributed by atoms with Crippen LogP contribution in [0.25, 0.3) is 0 Å². The Morgan fingerprint density at radius 2 is 1.81 bits per heavy atom. The van der Waals surface area contributed by atoms with E-state index >= 15 is 0 Å². The van der Waals surface area contributed by atoms with Gasteiger partial charge in [0.1, 0.15) is 5.82 Å². The summed E-state index contributed by atoms with van der Waals surface area (Å²) in [6.07, 6.45) is 1.95. The van der Waals surface area contributed by atoms with Gasteiger partial charge in [-0.05, 0) is 30.0 Å². The van der Waals surface area contributed by atoms with Gasteiger partial charge in [-0.3, -0.25) is 4.99 Å². The van der Waals surface area contributed by atoms with Crippen molar-refractivity contribution in [3.8, 4) is 0 Å². The van der Waals surface area contributed by atoms with Gasteiger partial charge < -0.3 is 15.7 Å². The highest BCUT2D eigenvalue weighted by Gasteiger charge is 2.45. The van der Waals surface area contributed by atoms with E-state index < -0.39 is 0 Å². The molecule has 1 atom stereocenters. The van der Waals surface area contributed by atoms with Crippen LogP contribution < -0.4 is 10.6 Å². The van der Waals surface area contributed by atoms with Gasteiger partial charge in [0.15, 0.2) is 5.96 Å². The number of nitrogens with one attached hydrogen (secondary N) is 2. The Morgan fingerprint density at radius 1 is 1.12 bits per heavy atom. The number of halogens is 1. The summed E-state index contributed by atoms with van der Waals surface area (Å²) < 4.78 is 14.1. The van der Waals surface area contributed by atoms with Crippen molar-refractivity contribution < 1.29 is 9.50 Å². The van der Waals surface area contributed by atoms with E-state index in [4.69, 9.17) is 0 Å². The minimum atomic E-state index is -0.140. The minimum absolute atomic E-state index is 0.00352. The summed E-state index contributed by atoms with van der Waals surface area (Å²) in [5.74, 6) is 0.525. The standard InChI is InChI=1S/C21H26FN3O/c1-23-20(24-13-17(14-26)16-7-3-2-4-8-16)25-15-21(11-12-21)18-9-5-6-10-19(18)22/h2-10,17,26H,11-15H2,1H3,(H2,23,24,25). The summed E-state index contributed by atoms with van der Waals surface area (Å²) in [5, 5.41) is 16.3. The highest BCUT2D eigenvalue weighted by molar-refractivity contribution is 5.79. The molecule has 0 amide bonds. The largest absolute Gasteiger partial charge is 0.396 e. The fourth-order valence-corrected chi connectivity index (χ4v) is 3.29. The lowest BCUT2D eigenvalue weighted by atomic mass is 9.95. The lowest BCUT2D eigenvalue weighted by Crippen LogP contribution is -2.43. The molecule has 2 aromatic carbocycles. The fraction of sp³-hybridized carbons (Fsp3) is 0.381. The molecule has 1 aliphatic carbocycles. The molecule has 1 fully saturated rings. The van der Waals surface area contributed by atoms with Crippen LogP contribution in [0.1, 0.15) is 29.9 Å². The van der Waals surface area contributed by atoms with E-state index in [9.17, 15) is 9.50 Å². The lowest BCUT2D eigenvalue weighted by Gasteiger charge is -2.21. The molecule has 138 valence electrons. The number of aliphatic hydroxyl groups is 1. The molecule has 0 heterocycles. The number of rotatable bonds is 7. The van der Waals surface area contributed by atoms with Crippen molar-refractivity contribution in [3.05, 3.63) is 71.5 Å². The Morgan fingerprint density at radius 3 is 2.42 bits per heavy atom. The highest BCUT2D eigenvalue weighted by Crippen LogP contribution is 2.48. The number of benzene rings is 2. The molecule has 26 heavy (non-hydrogen) atoms. The van der Waals surface area contributed by atoms with Gasteiger partial charge >= 0.3 is 0 Å². The van der Waals surface area contributed by atoms with E-state index in [-0.39, 0.29) is 23.8 Å². The maximum atomic E-state index is 14.1. The molecule has 0 spiro atoms. The summed E-state index contributed by atoms with van der Waals surface area (Å²) in [6, 6.07) is 16.9. The first kappa shape index (κ1) is 18.4. The Labute approximate surface area is 154 Å². The summed E-state index contributed by atoms with van der Waals surface area (Å²) >= 11 is 0. The first-order valence-corrected chi connectivity index (χ1v) is 9.04. The molecular weight excluding hydrogens is 329 g/mol. The van der Waals surface area contributed by atoms with Crippen LogP contribution >= 0.6 is 0 Å². The second-order valence-corrected chi connectivity index (χ2v) is 6.86. The summed E-state index contributed by atoms with van der Waals surface area (Å²) in [7, 11) is 1.72. The summed E-state index contributed by atoms with van der Waals surface area (Å²) in [6.45, 7) is 1.28. The highest BCUT2D eigenvalue weighted by atomic mass is 19.1. The number of nitrogens with zero attached hydrogens (tertiary/aromatic N) is 1. The predicted molar refractivity (Wildman–Crippen MR) is 103 cm³/mol. The molecule has 4 nitrogen and oxygen atoms in total. The topological polar surface area (TPSA) is 56.7 Å². The van der Waals surface area contributed by atoms with Gasteiger partial charge in [-0.1, -0.05) is 48.5 Å². The zero-order valence-corrected chi connectivity index (χ0v) is 15.1. The molecule has 1 saturated carbocycles.